The standard InChI is InChI=1S/C16H18F3N3O3/c1-9-5-10(16(17,18)19)6-12(24)14(9)11-3-4-13(22-21-11)20-7-15(2,25)8-23/h3-6,23-25H,7-8H2,1-2H3,(H,20,22)/t15-/m1/s1. The zero-order chi connectivity index (χ0) is 18.8. The SMILES string of the molecule is Cc1cc(C(F)(F)F)cc(O)c1-c1ccc(NC[C@@](C)(O)CO)nn1. The van der Waals surface area contributed by atoms with Gasteiger partial charge in [0.05, 0.1) is 17.9 Å². The van der Waals surface area contributed by atoms with Crippen molar-refractivity contribution in [3.05, 3.63) is 35.4 Å². The normalized spacial score (nSPS) is 14.2. The van der Waals surface area contributed by atoms with Crippen LogP contribution in [-0.4, -0.2) is 44.3 Å². The largest absolute Gasteiger partial charge is 0.507 e. The predicted octanol–water partition coefficient (Wildman–Crippen LogP) is 2.33. The van der Waals surface area contributed by atoms with Gasteiger partial charge in [-0.25, -0.2) is 0 Å². The van der Waals surface area contributed by atoms with Gasteiger partial charge in [0.25, 0.3) is 0 Å². The Labute approximate surface area is 142 Å². The van der Waals surface area contributed by atoms with Gasteiger partial charge in [-0.2, -0.15) is 13.2 Å². The number of aliphatic hydroxyl groups is 2. The highest BCUT2D eigenvalue weighted by Crippen LogP contribution is 2.38. The number of nitrogens with zero attached hydrogens (tertiary/aromatic N) is 2. The van der Waals surface area contributed by atoms with Crippen LogP contribution >= 0.6 is 0 Å². The van der Waals surface area contributed by atoms with Crippen molar-refractivity contribution < 1.29 is 28.5 Å². The number of hydrogen-bond donors (Lipinski definition) is 4. The summed E-state index contributed by atoms with van der Waals surface area (Å²) in [7, 11) is 0. The number of aliphatic hydroxyl groups excluding tert-OH is 1. The van der Waals surface area contributed by atoms with Crippen LogP contribution in [0.1, 0.15) is 18.1 Å². The summed E-state index contributed by atoms with van der Waals surface area (Å²) in [4.78, 5) is 0. The summed E-state index contributed by atoms with van der Waals surface area (Å²) >= 11 is 0. The number of phenolic OH excluding ortho intramolecular Hbond substituents is 1. The van der Waals surface area contributed by atoms with Crippen LogP contribution in [0.3, 0.4) is 0 Å². The quantitative estimate of drug-likeness (QED) is 0.656. The number of alkyl halides is 3. The Bertz CT molecular complexity index is 724. The van der Waals surface area contributed by atoms with Gasteiger partial charge in [0.2, 0.25) is 0 Å². The third kappa shape index (κ3) is 4.58. The van der Waals surface area contributed by atoms with Gasteiger partial charge in [-0.15, -0.1) is 10.2 Å². The van der Waals surface area contributed by atoms with Crippen LogP contribution in [0.4, 0.5) is 19.0 Å². The smallest absolute Gasteiger partial charge is 0.416 e. The van der Waals surface area contributed by atoms with Crippen molar-refractivity contribution in [2.75, 3.05) is 18.5 Å². The number of aromatic nitrogens is 2. The number of nitrogens with one attached hydrogen (secondary N) is 1. The van der Waals surface area contributed by atoms with Gasteiger partial charge in [-0.3, -0.25) is 0 Å². The number of benzene rings is 1. The molecule has 25 heavy (non-hydrogen) atoms. The fraction of sp³-hybridized carbons (Fsp3) is 0.375. The molecule has 1 heterocycles. The van der Waals surface area contributed by atoms with Gasteiger partial charge in [0.15, 0.2) is 0 Å². The fourth-order valence-corrected chi connectivity index (χ4v) is 2.16. The van der Waals surface area contributed by atoms with Gasteiger partial charge < -0.3 is 20.6 Å². The monoisotopic (exact) mass is 357 g/mol. The lowest BCUT2D eigenvalue weighted by atomic mass is 10.0. The molecule has 0 amide bonds. The van der Waals surface area contributed by atoms with Crippen LogP contribution in [-0.2, 0) is 6.18 Å². The zero-order valence-corrected chi connectivity index (χ0v) is 13.6. The van der Waals surface area contributed by atoms with E-state index in [0.29, 0.717) is 11.9 Å². The average Bonchev–Trinajstić information content (AvgIpc) is 2.52. The molecule has 0 radical (unpaired) electrons. The summed E-state index contributed by atoms with van der Waals surface area (Å²) < 4.78 is 38.3. The molecule has 0 unspecified atom stereocenters. The second-order valence-corrected chi connectivity index (χ2v) is 6.00. The molecule has 1 aromatic carbocycles. The molecule has 0 aliphatic heterocycles. The van der Waals surface area contributed by atoms with Gasteiger partial charge in [-0.05, 0) is 43.7 Å². The summed E-state index contributed by atoms with van der Waals surface area (Å²) in [5.74, 6) is -0.230. The number of hydrogen-bond acceptors (Lipinski definition) is 6. The van der Waals surface area contributed by atoms with Gasteiger partial charge >= 0.3 is 6.18 Å². The first-order valence-corrected chi connectivity index (χ1v) is 7.35. The Hall–Kier alpha value is -2.39. The van der Waals surface area contributed by atoms with Crippen molar-refractivity contribution >= 4 is 5.82 Å². The predicted molar refractivity (Wildman–Crippen MR) is 85.1 cm³/mol. The maximum absolute atomic E-state index is 12.8. The molecule has 4 N–H and O–H groups in total. The molecule has 1 atom stereocenters. The summed E-state index contributed by atoms with van der Waals surface area (Å²) in [6.45, 7) is 2.47. The van der Waals surface area contributed by atoms with E-state index in [-0.39, 0.29) is 23.4 Å². The molecule has 2 rings (SSSR count). The highest BCUT2D eigenvalue weighted by molar-refractivity contribution is 5.71. The summed E-state index contributed by atoms with van der Waals surface area (Å²) in [6.07, 6.45) is -4.55. The molecular formula is C16H18F3N3O3. The maximum Gasteiger partial charge on any atom is 0.416 e. The Kier molecular flexibility index (Phi) is 5.19. The Morgan fingerprint density at radius 2 is 1.84 bits per heavy atom. The van der Waals surface area contributed by atoms with Crippen LogP contribution in [0.2, 0.25) is 0 Å². The minimum absolute atomic E-state index is 0.0298. The summed E-state index contributed by atoms with van der Waals surface area (Å²) in [6, 6.07) is 4.57. The van der Waals surface area contributed by atoms with Crippen LogP contribution in [0.25, 0.3) is 11.3 Å². The van der Waals surface area contributed by atoms with Crippen molar-refractivity contribution in [1.82, 2.24) is 10.2 Å². The number of halogens is 3. The van der Waals surface area contributed by atoms with Crippen LogP contribution < -0.4 is 5.32 Å². The average molecular weight is 357 g/mol. The topological polar surface area (TPSA) is 98.5 Å². The van der Waals surface area contributed by atoms with E-state index in [2.05, 4.69) is 15.5 Å². The first-order valence-electron chi connectivity index (χ1n) is 7.35. The number of aryl methyl sites for hydroxylation is 1. The molecule has 0 aliphatic carbocycles. The zero-order valence-electron chi connectivity index (χ0n) is 13.6. The number of aromatic hydroxyl groups is 1. The van der Waals surface area contributed by atoms with E-state index < -0.39 is 29.7 Å². The van der Waals surface area contributed by atoms with E-state index in [1.807, 2.05) is 0 Å². The van der Waals surface area contributed by atoms with E-state index in [1.54, 1.807) is 0 Å². The highest BCUT2D eigenvalue weighted by atomic mass is 19.4. The molecule has 2 aromatic rings. The number of anilines is 1. The second kappa shape index (κ2) is 6.85. The second-order valence-electron chi connectivity index (χ2n) is 6.00. The molecular weight excluding hydrogens is 339 g/mol. The first-order chi connectivity index (χ1) is 11.5. The van der Waals surface area contributed by atoms with Crippen LogP contribution in [0.15, 0.2) is 24.3 Å². The van der Waals surface area contributed by atoms with Crippen LogP contribution in [0, 0.1) is 6.92 Å². The van der Waals surface area contributed by atoms with E-state index in [9.17, 15) is 23.4 Å². The fourth-order valence-electron chi connectivity index (χ4n) is 2.16. The van der Waals surface area contributed by atoms with E-state index in [4.69, 9.17) is 5.11 Å². The van der Waals surface area contributed by atoms with Crippen LogP contribution in [0.5, 0.6) is 5.75 Å². The molecule has 0 fully saturated rings. The molecule has 0 spiro atoms. The lowest BCUT2D eigenvalue weighted by Crippen LogP contribution is -2.37. The molecule has 0 bridgehead atoms. The van der Waals surface area contributed by atoms with Crippen molar-refractivity contribution in [3.63, 3.8) is 0 Å². The molecule has 0 saturated carbocycles. The Morgan fingerprint density at radius 1 is 1.16 bits per heavy atom. The van der Waals surface area contributed by atoms with Crippen molar-refractivity contribution in [1.29, 1.82) is 0 Å². The lowest BCUT2D eigenvalue weighted by Gasteiger charge is -2.20. The van der Waals surface area contributed by atoms with Crippen molar-refractivity contribution in [3.8, 4) is 17.0 Å². The van der Waals surface area contributed by atoms with Gasteiger partial charge in [0.1, 0.15) is 17.2 Å². The van der Waals surface area contributed by atoms with Crippen molar-refractivity contribution in [2.45, 2.75) is 25.6 Å². The lowest BCUT2D eigenvalue weighted by molar-refractivity contribution is -0.137. The Balaban J connectivity index is 2.25. The number of phenols is 1. The molecule has 6 nitrogen and oxygen atoms in total. The molecule has 0 aliphatic rings. The van der Waals surface area contributed by atoms with E-state index in [1.165, 1.54) is 26.0 Å². The molecule has 136 valence electrons. The minimum atomic E-state index is -4.55. The summed E-state index contributed by atoms with van der Waals surface area (Å²) in [5, 5.41) is 39.2. The highest BCUT2D eigenvalue weighted by Gasteiger charge is 2.32. The third-order valence-electron chi connectivity index (χ3n) is 3.55. The van der Waals surface area contributed by atoms with Crippen molar-refractivity contribution in [2.24, 2.45) is 0 Å². The van der Waals surface area contributed by atoms with E-state index >= 15 is 0 Å². The molecule has 1 aromatic heterocycles. The number of rotatable bonds is 5. The minimum Gasteiger partial charge on any atom is -0.507 e. The van der Waals surface area contributed by atoms with Gasteiger partial charge in [0, 0.05) is 12.1 Å². The molecule has 9 heteroatoms. The first kappa shape index (κ1) is 18.9. The maximum atomic E-state index is 12.8. The Morgan fingerprint density at radius 3 is 2.32 bits per heavy atom. The van der Waals surface area contributed by atoms with Gasteiger partial charge in [-0.1, -0.05) is 0 Å². The third-order valence-corrected chi connectivity index (χ3v) is 3.55. The van der Waals surface area contributed by atoms with E-state index in [0.717, 1.165) is 6.07 Å². The molecule has 0 saturated heterocycles. The summed E-state index contributed by atoms with van der Waals surface area (Å²) in [5.41, 5.74) is -1.69.